The molecule has 198 valence electrons. The van der Waals surface area contributed by atoms with Gasteiger partial charge in [0.2, 0.25) is 5.89 Å². The molecule has 5 nitrogen and oxygen atoms in total. The van der Waals surface area contributed by atoms with Crippen molar-refractivity contribution in [1.29, 1.82) is 0 Å². The number of esters is 1. The molecular formula is C30H28F3NO4. The minimum atomic E-state index is -4.42. The maximum Gasteiger partial charge on any atom is 0.416 e. The van der Waals surface area contributed by atoms with E-state index in [1.54, 1.807) is 6.92 Å². The van der Waals surface area contributed by atoms with Crippen molar-refractivity contribution in [2.24, 2.45) is 0 Å². The van der Waals surface area contributed by atoms with Crippen molar-refractivity contribution >= 4 is 5.97 Å². The first kappa shape index (κ1) is 27.0. The molecule has 4 rings (SSSR count). The molecule has 0 saturated carbocycles. The fourth-order valence-corrected chi connectivity index (χ4v) is 4.17. The SMILES string of the molecule is COC(=O)CCc1ccc(OC(Cc2ccccc2)c2oc(-c3ccc(C(F)(F)F)cc3)nc2C)cc1C. The summed E-state index contributed by atoms with van der Waals surface area (Å²) in [5, 5.41) is 0. The van der Waals surface area contributed by atoms with Crippen LogP contribution in [-0.2, 0) is 28.5 Å². The van der Waals surface area contributed by atoms with Crippen LogP contribution < -0.4 is 4.74 Å². The predicted molar refractivity (Wildman–Crippen MR) is 137 cm³/mol. The number of ether oxygens (including phenoxy) is 2. The highest BCUT2D eigenvalue weighted by atomic mass is 19.4. The molecule has 3 aromatic carbocycles. The average Bonchev–Trinajstić information content (AvgIpc) is 3.29. The van der Waals surface area contributed by atoms with Gasteiger partial charge in [0.15, 0.2) is 11.9 Å². The van der Waals surface area contributed by atoms with Crippen molar-refractivity contribution in [3.05, 3.63) is 107 Å². The van der Waals surface area contributed by atoms with E-state index in [4.69, 9.17) is 13.9 Å². The van der Waals surface area contributed by atoms with Gasteiger partial charge in [-0.25, -0.2) is 4.98 Å². The first-order chi connectivity index (χ1) is 18.1. The number of rotatable bonds is 9. The van der Waals surface area contributed by atoms with Crippen LogP contribution in [0.3, 0.4) is 0 Å². The standard InChI is InChI=1S/C30H28F3NO4/c1-19-17-25(15-11-22(19)12-16-27(35)36-3)37-26(18-21-7-5-4-6-8-21)28-20(2)34-29(38-28)23-9-13-24(14-10-23)30(31,32)33/h4-11,13-15,17,26H,12,16,18H2,1-3H3. The minimum Gasteiger partial charge on any atom is -0.482 e. The minimum absolute atomic E-state index is 0.224. The lowest BCUT2D eigenvalue weighted by molar-refractivity contribution is -0.140. The second kappa shape index (κ2) is 11.5. The number of hydrogen-bond donors (Lipinski definition) is 0. The van der Waals surface area contributed by atoms with E-state index in [1.165, 1.54) is 19.2 Å². The number of methoxy groups -OCH3 is 1. The van der Waals surface area contributed by atoms with Gasteiger partial charge in [0.25, 0.3) is 0 Å². The van der Waals surface area contributed by atoms with Gasteiger partial charge in [-0.2, -0.15) is 13.2 Å². The maximum absolute atomic E-state index is 13.0. The third-order valence-electron chi connectivity index (χ3n) is 6.27. The molecule has 0 aliphatic carbocycles. The quantitative estimate of drug-likeness (QED) is 0.213. The van der Waals surface area contributed by atoms with Gasteiger partial charge in [-0.15, -0.1) is 0 Å². The van der Waals surface area contributed by atoms with E-state index >= 15 is 0 Å². The van der Waals surface area contributed by atoms with Crippen LogP contribution in [0.1, 0.15) is 46.2 Å². The van der Waals surface area contributed by atoms with Gasteiger partial charge in [-0.3, -0.25) is 4.79 Å². The molecule has 1 aromatic heterocycles. The summed E-state index contributed by atoms with van der Waals surface area (Å²) in [5.74, 6) is 1.08. The third-order valence-corrected chi connectivity index (χ3v) is 6.27. The summed E-state index contributed by atoms with van der Waals surface area (Å²) in [4.78, 5) is 16.0. The van der Waals surface area contributed by atoms with E-state index in [9.17, 15) is 18.0 Å². The van der Waals surface area contributed by atoms with Gasteiger partial charge >= 0.3 is 12.1 Å². The summed E-state index contributed by atoms with van der Waals surface area (Å²) < 4.78 is 56.2. The van der Waals surface area contributed by atoms with Crippen LogP contribution in [0.15, 0.2) is 77.2 Å². The Morgan fingerprint density at radius 2 is 1.71 bits per heavy atom. The molecule has 1 atom stereocenters. The molecule has 0 bridgehead atoms. The van der Waals surface area contributed by atoms with E-state index in [1.807, 2.05) is 55.5 Å². The molecule has 38 heavy (non-hydrogen) atoms. The van der Waals surface area contributed by atoms with Gasteiger partial charge in [0.05, 0.1) is 18.4 Å². The summed E-state index contributed by atoms with van der Waals surface area (Å²) >= 11 is 0. The van der Waals surface area contributed by atoms with Gasteiger partial charge in [-0.05, 0) is 73.4 Å². The van der Waals surface area contributed by atoms with Gasteiger partial charge < -0.3 is 13.9 Å². The highest BCUT2D eigenvalue weighted by molar-refractivity contribution is 5.69. The van der Waals surface area contributed by atoms with Crippen molar-refractivity contribution in [3.63, 3.8) is 0 Å². The van der Waals surface area contributed by atoms with Crippen molar-refractivity contribution < 1.29 is 31.9 Å². The summed E-state index contributed by atoms with van der Waals surface area (Å²) in [6, 6.07) is 20.2. The van der Waals surface area contributed by atoms with E-state index < -0.39 is 17.8 Å². The Hall–Kier alpha value is -4.07. The molecule has 0 radical (unpaired) electrons. The summed E-state index contributed by atoms with van der Waals surface area (Å²) in [6.45, 7) is 3.74. The van der Waals surface area contributed by atoms with Crippen molar-refractivity contribution in [2.45, 2.75) is 45.4 Å². The normalized spacial score (nSPS) is 12.3. The highest BCUT2D eigenvalue weighted by Gasteiger charge is 2.30. The fraction of sp³-hybridized carbons (Fsp3) is 0.267. The Morgan fingerprint density at radius 3 is 2.34 bits per heavy atom. The fourth-order valence-electron chi connectivity index (χ4n) is 4.17. The van der Waals surface area contributed by atoms with Gasteiger partial charge in [0, 0.05) is 18.4 Å². The Labute approximate surface area is 219 Å². The van der Waals surface area contributed by atoms with E-state index in [2.05, 4.69) is 4.98 Å². The zero-order valence-electron chi connectivity index (χ0n) is 21.3. The number of carbonyl (C=O) groups excluding carboxylic acids is 1. The lowest BCUT2D eigenvalue weighted by atomic mass is 10.0. The number of halogens is 3. The molecule has 0 aliphatic heterocycles. The van der Waals surface area contributed by atoms with E-state index in [0.29, 0.717) is 35.6 Å². The number of nitrogens with zero attached hydrogens (tertiary/aromatic N) is 1. The smallest absolute Gasteiger partial charge is 0.416 e. The molecule has 0 aliphatic rings. The van der Waals surface area contributed by atoms with Crippen LogP contribution >= 0.6 is 0 Å². The highest BCUT2D eigenvalue weighted by Crippen LogP contribution is 2.34. The van der Waals surface area contributed by atoms with Gasteiger partial charge in [-0.1, -0.05) is 36.4 Å². The summed E-state index contributed by atoms with van der Waals surface area (Å²) in [5.41, 5.74) is 3.31. The number of hydrogen-bond acceptors (Lipinski definition) is 5. The molecule has 1 unspecified atom stereocenters. The summed E-state index contributed by atoms with van der Waals surface area (Å²) in [6.07, 6.45) is -3.61. The van der Waals surface area contributed by atoms with Crippen molar-refractivity contribution in [2.75, 3.05) is 7.11 Å². The van der Waals surface area contributed by atoms with E-state index in [0.717, 1.165) is 28.8 Å². The molecule has 0 spiro atoms. The van der Waals surface area contributed by atoms with E-state index in [-0.39, 0.29) is 18.3 Å². The summed E-state index contributed by atoms with van der Waals surface area (Å²) in [7, 11) is 1.37. The second-order valence-electron chi connectivity index (χ2n) is 9.00. The first-order valence-corrected chi connectivity index (χ1v) is 12.2. The Bertz CT molecular complexity index is 1380. The molecular weight excluding hydrogens is 495 g/mol. The number of aryl methyl sites for hydroxylation is 3. The van der Waals surface area contributed by atoms with Crippen molar-refractivity contribution in [3.8, 4) is 17.2 Å². The molecule has 8 heteroatoms. The monoisotopic (exact) mass is 523 g/mol. The molecule has 0 saturated heterocycles. The molecule has 0 amide bonds. The Balaban J connectivity index is 1.61. The zero-order valence-corrected chi connectivity index (χ0v) is 21.3. The number of carbonyl (C=O) groups is 1. The first-order valence-electron chi connectivity index (χ1n) is 12.2. The molecule has 4 aromatic rings. The number of oxazole rings is 1. The van der Waals surface area contributed by atoms with Crippen molar-refractivity contribution in [1.82, 2.24) is 4.98 Å². The van der Waals surface area contributed by atoms with Crippen LogP contribution in [0.4, 0.5) is 13.2 Å². The van der Waals surface area contributed by atoms with Crippen LogP contribution in [0.25, 0.3) is 11.5 Å². The number of alkyl halides is 3. The van der Waals surface area contributed by atoms with Crippen LogP contribution in [0.2, 0.25) is 0 Å². The number of benzene rings is 3. The maximum atomic E-state index is 13.0. The van der Waals surface area contributed by atoms with Crippen LogP contribution in [0.5, 0.6) is 5.75 Å². The van der Waals surface area contributed by atoms with Crippen LogP contribution in [-0.4, -0.2) is 18.1 Å². The lowest BCUT2D eigenvalue weighted by Crippen LogP contribution is -2.12. The molecule has 0 N–H and O–H groups in total. The second-order valence-corrected chi connectivity index (χ2v) is 9.00. The molecule has 1 heterocycles. The Morgan fingerprint density at radius 1 is 1.00 bits per heavy atom. The zero-order chi connectivity index (χ0) is 27.3. The topological polar surface area (TPSA) is 61.6 Å². The van der Waals surface area contributed by atoms with Gasteiger partial charge in [0.1, 0.15) is 5.75 Å². The largest absolute Gasteiger partial charge is 0.482 e. The third kappa shape index (κ3) is 6.62. The molecule has 0 fully saturated rings. The Kier molecular flexibility index (Phi) is 8.20. The number of aromatic nitrogens is 1. The predicted octanol–water partition coefficient (Wildman–Crippen LogP) is 7.45. The lowest BCUT2D eigenvalue weighted by Gasteiger charge is -2.19. The van der Waals surface area contributed by atoms with Crippen LogP contribution in [0, 0.1) is 13.8 Å². The average molecular weight is 524 g/mol.